The largest absolute Gasteiger partial charge is 0.454 e. The predicted molar refractivity (Wildman–Crippen MR) is 134 cm³/mol. The van der Waals surface area contributed by atoms with Gasteiger partial charge in [0.25, 0.3) is 5.91 Å². The highest BCUT2D eigenvalue weighted by Gasteiger charge is 2.22. The van der Waals surface area contributed by atoms with Crippen LogP contribution in [0, 0.1) is 0 Å². The summed E-state index contributed by atoms with van der Waals surface area (Å²) in [6, 6.07) is 12.7. The van der Waals surface area contributed by atoms with E-state index in [0.717, 1.165) is 36.8 Å². The summed E-state index contributed by atoms with van der Waals surface area (Å²) in [5.74, 6) is 1.48. The molecule has 8 nitrogen and oxygen atoms in total. The lowest BCUT2D eigenvalue weighted by Crippen LogP contribution is -2.48. The van der Waals surface area contributed by atoms with Crippen molar-refractivity contribution in [3.05, 3.63) is 69.7 Å². The summed E-state index contributed by atoms with van der Waals surface area (Å²) in [7, 11) is 0. The number of carbonyl (C=O) groups excluding carboxylic acids is 2. The van der Waals surface area contributed by atoms with Crippen LogP contribution in [0.2, 0.25) is 5.02 Å². The lowest BCUT2D eigenvalue weighted by Gasteiger charge is -2.34. The van der Waals surface area contributed by atoms with Crippen molar-refractivity contribution in [1.82, 2.24) is 14.8 Å². The molecule has 2 amide bonds. The van der Waals surface area contributed by atoms with Gasteiger partial charge in [-0.2, -0.15) is 0 Å². The molecule has 0 unspecified atom stereocenters. The summed E-state index contributed by atoms with van der Waals surface area (Å²) < 4.78 is 10.8. The van der Waals surface area contributed by atoms with Crippen LogP contribution in [0.15, 0.2) is 47.8 Å². The van der Waals surface area contributed by atoms with Gasteiger partial charge in [-0.05, 0) is 48.4 Å². The number of hydrogen-bond acceptors (Lipinski definition) is 7. The van der Waals surface area contributed by atoms with Crippen molar-refractivity contribution in [1.29, 1.82) is 0 Å². The van der Waals surface area contributed by atoms with Gasteiger partial charge < -0.3 is 14.4 Å². The standard InChI is InChI=1S/C25H25ClN4O4S/c26-19-4-2-18(3-5-19)24(32)28-25-27-20(15-35-25)6-8-23(31)30-11-9-29(10-12-30)14-17-1-7-21-22(13-17)34-16-33-21/h1-5,7,13,15H,6,8-12,14,16H2,(H,27,28,32). The molecule has 3 aromatic rings. The van der Waals surface area contributed by atoms with Crippen LogP contribution < -0.4 is 14.8 Å². The van der Waals surface area contributed by atoms with E-state index >= 15 is 0 Å². The van der Waals surface area contributed by atoms with E-state index < -0.39 is 0 Å². The summed E-state index contributed by atoms with van der Waals surface area (Å²) >= 11 is 7.22. The van der Waals surface area contributed by atoms with Crippen LogP contribution >= 0.6 is 22.9 Å². The maximum Gasteiger partial charge on any atom is 0.257 e. The molecule has 0 spiro atoms. The molecule has 0 atom stereocenters. The summed E-state index contributed by atoms with van der Waals surface area (Å²) in [5, 5.41) is 5.78. The van der Waals surface area contributed by atoms with Crippen LogP contribution in [0.4, 0.5) is 5.13 Å². The molecule has 1 fully saturated rings. The third-order valence-corrected chi connectivity index (χ3v) is 7.10. The maximum atomic E-state index is 12.7. The molecule has 2 aliphatic rings. The van der Waals surface area contributed by atoms with Crippen molar-refractivity contribution in [2.24, 2.45) is 0 Å². The molecule has 0 saturated carbocycles. The minimum Gasteiger partial charge on any atom is -0.454 e. The van der Waals surface area contributed by atoms with Crippen molar-refractivity contribution in [2.75, 3.05) is 38.3 Å². The van der Waals surface area contributed by atoms with Crippen molar-refractivity contribution < 1.29 is 19.1 Å². The molecule has 2 aliphatic heterocycles. The Morgan fingerprint density at radius 1 is 1.03 bits per heavy atom. The van der Waals surface area contributed by atoms with Crippen molar-refractivity contribution >= 4 is 39.9 Å². The normalized spacial score (nSPS) is 15.3. The predicted octanol–water partition coefficient (Wildman–Crippen LogP) is 4.05. The van der Waals surface area contributed by atoms with E-state index in [9.17, 15) is 9.59 Å². The Labute approximate surface area is 212 Å². The number of nitrogens with zero attached hydrogens (tertiary/aromatic N) is 3. The third kappa shape index (κ3) is 5.93. The molecule has 5 rings (SSSR count). The zero-order valence-electron chi connectivity index (χ0n) is 19.0. The van der Waals surface area contributed by atoms with E-state index in [0.29, 0.717) is 41.6 Å². The van der Waals surface area contributed by atoms with E-state index in [1.54, 1.807) is 24.3 Å². The van der Waals surface area contributed by atoms with Crippen LogP contribution in [0.5, 0.6) is 11.5 Å². The van der Waals surface area contributed by atoms with Crippen LogP contribution in [0.1, 0.15) is 28.0 Å². The van der Waals surface area contributed by atoms with E-state index in [1.165, 1.54) is 16.9 Å². The highest BCUT2D eigenvalue weighted by Crippen LogP contribution is 2.32. The first-order valence-corrected chi connectivity index (χ1v) is 12.7. The van der Waals surface area contributed by atoms with Crippen LogP contribution in [-0.2, 0) is 17.8 Å². The molecule has 0 radical (unpaired) electrons. The number of piperazine rings is 1. The topological polar surface area (TPSA) is 84.0 Å². The molecular weight excluding hydrogens is 488 g/mol. The number of carbonyl (C=O) groups is 2. The van der Waals surface area contributed by atoms with E-state index in [2.05, 4.69) is 21.3 Å². The van der Waals surface area contributed by atoms with Gasteiger partial charge in [0.1, 0.15) is 0 Å². The highest BCUT2D eigenvalue weighted by atomic mass is 35.5. The lowest BCUT2D eigenvalue weighted by atomic mass is 10.1. The molecular formula is C25H25ClN4O4S. The number of ether oxygens (including phenoxy) is 2. The Morgan fingerprint density at radius 3 is 2.60 bits per heavy atom. The summed E-state index contributed by atoms with van der Waals surface area (Å²) in [6.07, 6.45) is 0.944. The number of halogens is 1. The minimum absolute atomic E-state index is 0.132. The van der Waals surface area contributed by atoms with Gasteiger partial charge in [0.15, 0.2) is 16.6 Å². The SMILES string of the molecule is O=C(Nc1nc(CCC(=O)N2CCN(Cc3ccc4c(c3)OCO4)CC2)cs1)c1ccc(Cl)cc1. The van der Waals surface area contributed by atoms with Crippen molar-refractivity contribution in [2.45, 2.75) is 19.4 Å². The number of nitrogens with one attached hydrogen (secondary N) is 1. The zero-order valence-corrected chi connectivity index (χ0v) is 20.6. The second-order valence-electron chi connectivity index (χ2n) is 8.45. The number of aryl methyl sites for hydroxylation is 1. The smallest absolute Gasteiger partial charge is 0.257 e. The molecule has 10 heteroatoms. The zero-order chi connectivity index (χ0) is 24.2. The fraction of sp³-hybridized carbons (Fsp3) is 0.320. The van der Waals surface area contributed by atoms with E-state index in [4.69, 9.17) is 21.1 Å². The fourth-order valence-corrected chi connectivity index (χ4v) is 4.96. The first-order chi connectivity index (χ1) is 17.0. The van der Waals surface area contributed by atoms with Crippen molar-refractivity contribution in [3.8, 4) is 11.5 Å². The number of fused-ring (bicyclic) bond motifs is 1. The Bertz CT molecular complexity index is 1210. The monoisotopic (exact) mass is 512 g/mol. The van der Waals surface area contributed by atoms with Crippen molar-refractivity contribution in [3.63, 3.8) is 0 Å². The number of thiazole rings is 1. The van der Waals surface area contributed by atoms with Gasteiger partial charge in [-0.15, -0.1) is 11.3 Å². The number of amides is 2. The van der Waals surface area contributed by atoms with Gasteiger partial charge in [0, 0.05) is 55.1 Å². The molecule has 182 valence electrons. The third-order valence-electron chi connectivity index (χ3n) is 6.04. The Morgan fingerprint density at radius 2 is 1.80 bits per heavy atom. The Balaban J connectivity index is 1.05. The molecule has 0 bridgehead atoms. The van der Waals surface area contributed by atoms with Gasteiger partial charge in [0.05, 0.1) is 5.69 Å². The number of anilines is 1. The van der Waals surface area contributed by atoms with Gasteiger partial charge in [-0.1, -0.05) is 17.7 Å². The maximum absolute atomic E-state index is 12.7. The van der Waals surface area contributed by atoms with Gasteiger partial charge in [-0.25, -0.2) is 4.98 Å². The Kier molecular flexibility index (Phi) is 7.17. The van der Waals surface area contributed by atoms with Gasteiger partial charge >= 0.3 is 0 Å². The number of aromatic nitrogens is 1. The molecule has 1 N–H and O–H groups in total. The molecule has 1 aromatic heterocycles. The molecule has 2 aromatic carbocycles. The quantitative estimate of drug-likeness (QED) is 0.514. The number of hydrogen-bond donors (Lipinski definition) is 1. The van der Waals surface area contributed by atoms with Crippen LogP contribution in [0.25, 0.3) is 0 Å². The Hall–Kier alpha value is -3.14. The molecule has 1 saturated heterocycles. The number of rotatable bonds is 7. The summed E-state index contributed by atoms with van der Waals surface area (Å²) in [5.41, 5.74) is 2.49. The summed E-state index contributed by atoms with van der Waals surface area (Å²) in [6.45, 7) is 4.18. The molecule has 3 heterocycles. The average Bonchev–Trinajstić information content (AvgIpc) is 3.52. The second kappa shape index (κ2) is 10.6. The first-order valence-electron chi connectivity index (χ1n) is 11.4. The first kappa shape index (κ1) is 23.6. The van der Waals surface area contributed by atoms with E-state index in [1.807, 2.05) is 22.4 Å². The van der Waals surface area contributed by atoms with Crippen LogP contribution in [0.3, 0.4) is 0 Å². The molecule has 0 aliphatic carbocycles. The fourth-order valence-electron chi connectivity index (χ4n) is 4.10. The van der Waals surface area contributed by atoms with Gasteiger partial charge in [-0.3, -0.25) is 19.8 Å². The average molecular weight is 513 g/mol. The number of benzene rings is 2. The molecule has 35 heavy (non-hydrogen) atoms. The highest BCUT2D eigenvalue weighted by molar-refractivity contribution is 7.14. The van der Waals surface area contributed by atoms with Crippen LogP contribution in [-0.4, -0.2) is 59.6 Å². The second-order valence-corrected chi connectivity index (χ2v) is 9.74. The van der Waals surface area contributed by atoms with E-state index in [-0.39, 0.29) is 18.6 Å². The lowest BCUT2D eigenvalue weighted by molar-refractivity contribution is -0.133. The summed E-state index contributed by atoms with van der Waals surface area (Å²) in [4.78, 5) is 33.8. The minimum atomic E-state index is -0.239. The van der Waals surface area contributed by atoms with Gasteiger partial charge in [0.2, 0.25) is 12.7 Å².